The van der Waals surface area contributed by atoms with Crippen LogP contribution in [0.25, 0.3) is 0 Å². The number of carbonyl (C=O) groups excluding carboxylic acids is 2. The summed E-state index contributed by atoms with van der Waals surface area (Å²) in [7, 11) is 0. The first kappa shape index (κ1) is 14.7. The highest BCUT2D eigenvalue weighted by molar-refractivity contribution is 5.88. The molecule has 0 unspecified atom stereocenters. The quantitative estimate of drug-likeness (QED) is 0.827. The molecule has 0 aromatic carbocycles. The summed E-state index contributed by atoms with van der Waals surface area (Å²) in [6.07, 6.45) is 1.36. The Bertz CT molecular complexity index is 596. The molecule has 0 saturated carbocycles. The fourth-order valence-corrected chi connectivity index (χ4v) is 2.95. The summed E-state index contributed by atoms with van der Waals surface area (Å²) in [5.74, 6) is 1.72. The third kappa shape index (κ3) is 2.88. The molecule has 1 aromatic heterocycles. The number of cyclic esters (lactones) is 1. The lowest BCUT2D eigenvalue weighted by atomic mass is 9.96. The fraction of sp³-hybridized carbons (Fsp3) is 0.600. The summed E-state index contributed by atoms with van der Waals surface area (Å²) in [6, 6.07) is 1.81. The molecule has 2 amide bonds. The molecule has 3 heterocycles. The van der Waals surface area contributed by atoms with E-state index in [0.717, 1.165) is 37.4 Å². The molecule has 2 aliphatic rings. The Morgan fingerprint density at radius 2 is 2.00 bits per heavy atom. The third-order valence-corrected chi connectivity index (χ3v) is 4.20. The van der Waals surface area contributed by atoms with Crippen LogP contribution >= 0.6 is 0 Å². The average molecular weight is 304 g/mol. The minimum absolute atomic E-state index is 0.115. The van der Waals surface area contributed by atoms with Crippen LogP contribution in [-0.4, -0.2) is 53.1 Å². The molecule has 0 bridgehead atoms. The molecule has 118 valence electrons. The van der Waals surface area contributed by atoms with Gasteiger partial charge >= 0.3 is 6.09 Å². The number of hydrogen-bond donors (Lipinski definition) is 0. The number of piperidine rings is 1. The third-order valence-electron chi connectivity index (χ3n) is 4.20. The molecule has 0 radical (unpaired) electrons. The van der Waals surface area contributed by atoms with Crippen molar-refractivity contribution in [1.29, 1.82) is 0 Å². The van der Waals surface area contributed by atoms with Crippen LogP contribution < -0.4 is 4.90 Å². The summed E-state index contributed by atoms with van der Waals surface area (Å²) >= 11 is 0. The molecule has 0 N–H and O–H groups in total. The topological polar surface area (TPSA) is 75.6 Å². The van der Waals surface area contributed by atoms with Gasteiger partial charge in [-0.05, 0) is 19.8 Å². The van der Waals surface area contributed by atoms with Gasteiger partial charge in [-0.15, -0.1) is 0 Å². The second kappa shape index (κ2) is 5.90. The van der Waals surface area contributed by atoms with E-state index >= 15 is 0 Å². The van der Waals surface area contributed by atoms with E-state index in [-0.39, 0.29) is 17.9 Å². The van der Waals surface area contributed by atoms with Crippen LogP contribution in [0.3, 0.4) is 0 Å². The first-order chi connectivity index (χ1) is 10.5. The summed E-state index contributed by atoms with van der Waals surface area (Å²) < 4.78 is 4.97. The van der Waals surface area contributed by atoms with Gasteiger partial charge in [0.1, 0.15) is 18.2 Å². The minimum atomic E-state index is -0.351. The molecule has 22 heavy (non-hydrogen) atoms. The number of ether oxygens (including phenoxy) is 1. The van der Waals surface area contributed by atoms with Gasteiger partial charge in [-0.1, -0.05) is 0 Å². The number of aryl methyl sites for hydroxylation is 1. The first-order valence-electron chi connectivity index (χ1n) is 7.60. The number of likely N-dealkylation sites (tertiary alicyclic amines) is 1. The lowest BCUT2D eigenvalue weighted by Gasteiger charge is -2.30. The van der Waals surface area contributed by atoms with Gasteiger partial charge in [-0.2, -0.15) is 0 Å². The van der Waals surface area contributed by atoms with Crippen LogP contribution in [0.15, 0.2) is 6.07 Å². The predicted molar refractivity (Wildman–Crippen MR) is 79.7 cm³/mol. The van der Waals surface area contributed by atoms with Crippen molar-refractivity contribution in [3.8, 4) is 0 Å². The zero-order valence-corrected chi connectivity index (χ0v) is 12.9. The Kier molecular flexibility index (Phi) is 3.96. The van der Waals surface area contributed by atoms with Gasteiger partial charge in [-0.3, -0.25) is 9.69 Å². The number of nitrogens with zero attached hydrogens (tertiary/aromatic N) is 4. The van der Waals surface area contributed by atoms with Crippen molar-refractivity contribution in [2.45, 2.75) is 32.6 Å². The largest absolute Gasteiger partial charge is 0.447 e. The van der Waals surface area contributed by atoms with Crippen LogP contribution in [0, 0.1) is 6.92 Å². The first-order valence-corrected chi connectivity index (χ1v) is 7.60. The second-order valence-corrected chi connectivity index (χ2v) is 5.77. The molecule has 2 fully saturated rings. The lowest BCUT2D eigenvalue weighted by Crippen LogP contribution is -2.36. The van der Waals surface area contributed by atoms with Crippen molar-refractivity contribution in [2.24, 2.45) is 0 Å². The number of hydrogen-bond acceptors (Lipinski definition) is 5. The zero-order valence-electron chi connectivity index (χ0n) is 12.9. The molecular weight excluding hydrogens is 284 g/mol. The van der Waals surface area contributed by atoms with Crippen molar-refractivity contribution in [1.82, 2.24) is 14.9 Å². The van der Waals surface area contributed by atoms with E-state index in [1.165, 1.54) is 0 Å². The summed E-state index contributed by atoms with van der Waals surface area (Å²) in [6.45, 7) is 5.89. The Hall–Kier alpha value is -2.18. The minimum Gasteiger partial charge on any atom is -0.447 e. The fourth-order valence-electron chi connectivity index (χ4n) is 2.95. The van der Waals surface area contributed by atoms with Crippen molar-refractivity contribution < 1.29 is 14.3 Å². The van der Waals surface area contributed by atoms with E-state index in [4.69, 9.17) is 4.74 Å². The average Bonchev–Trinajstić information content (AvgIpc) is 2.93. The van der Waals surface area contributed by atoms with Gasteiger partial charge in [0, 0.05) is 37.7 Å². The smallest absolute Gasteiger partial charge is 0.415 e. The Morgan fingerprint density at radius 1 is 1.27 bits per heavy atom. The van der Waals surface area contributed by atoms with E-state index in [9.17, 15) is 9.59 Å². The lowest BCUT2D eigenvalue weighted by molar-refractivity contribution is -0.129. The Morgan fingerprint density at radius 3 is 2.59 bits per heavy atom. The predicted octanol–water partition coefficient (Wildman–Crippen LogP) is 1.47. The summed E-state index contributed by atoms with van der Waals surface area (Å²) in [5.41, 5.74) is 0.841. The Labute approximate surface area is 129 Å². The van der Waals surface area contributed by atoms with Gasteiger partial charge in [0.25, 0.3) is 0 Å². The number of carbonyl (C=O) groups is 2. The highest BCUT2D eigenvalue weighted by atomic mass is 16.6. The van der Waals surface area contributed by atoms with Crippen LogP contribution in [0.5, 0.6) is 0 Å². The molecule has 7 heteroatoms. The van der Waals surface area contributed by atoms with Crippen LogP contribution in [0.2, 0.25) is 0 Å². The molecule has 1 aromatic rings. The van der Waals surface area contributed by atoms with Crippen molar-refractivity contribution >= 4 is 17.8 Å². The van der Waals surface area contributed by atoms with Crippen molar-refractivity contribution in [3.05, 3.63) is 17.6 Å². The summed E-state index contributed by atoms with van der Waals surface area (Å²) in [5, 5.41) is 0. The standard InChI is InChI=1S/C15H20N4O3/c1-10-9-13(19-7-8-22-15(19)21)17-14(16-10)12-3-5-18(6-4-12)11(2)20/h9,12H,3-8H2,1-2H3. The maximum atomic E-state index is 11.7. The number of amides is 2. The number of aromatic nitrogens is 2. The van der Waals surface area contributed by atoms with E-state index in [1.54, 1.807) is 17.9 Å². The molecular formula is C15H20N4O3. The van der Waals surface area contributed by atoms with Crippen molar-refractivity contribution in [3.63, 3.8) is 0 Å². The van der Waals surface area contributed by atoms with Crippen molar-refractivity contribution in [2.75, 3.05) is 31.1 Å². The number of rotatable bonds is 2. The maximum absolute atomic E-state index is 11.7. The number of anilines is 1. The normalized spacial score (nSPS) is 19.5. The molecule has 3 rings (SSSR count). The van der Waals surface area contributed by atoms with Gasteiger partial charge in [0.2, 0.25) is 5.91 Å². The molecule has 0 spiro atoms. The van der Waals surface area contributed by atoms with Gasteiger partial charge in [-0.25, -0.2) is 14.8 Å². The SMILES string of the molecule is CC(=O)N1CCC(c2nc(C)cc(N3CCOC3=O)n2)CC1. The second-order valence-electron chi connectivity index (χ2n) is 5.77. The maximum Gasteiger partial charge on any atom is 0.415 e. The molecule has 0 aliphatic carbocycles. The van der Waals surface area contributed by atoms with E-state index < -0.39 is 0 Å². The van der Waals surface area contributed by atoms with Crippen LogP contribution in [0.1, 0.15) is 37.2 Å². The van der Waals surface area contributed by atoms with E-state index in [2.05, 4.69) is 9.97 Å². The highest BCUT2D eigenvalue weighted by Gasteiger charge is 2.28. The Balaban J connectivity index is 1.78. The zero-order chi connectivity index (χ0) is 15.7. The van der Waals surface area contributed by atoms with Crippen LogP contribution in [-0.2, 0) is 9.53 Å². The monoisotopic (exact) mass is 304 g/mol. The van der Waals surface area contributed by atoms with E-state index in [0.29, 0.717) is 19.0 Å². The molecule has 7 nitrogen and oxygen atoms in total. The van der Waals surface area contributed by atoms with Gasteiger partial charge in [0.15, 0.2) is 0 Å². The highest BCUT2D eigenvalue weighted by Crippen LogP contribution is 2.28. The molecule has 2 aliphatic heterocycles. The summed E-state index contributed by atoms with van der Waals surface area (Å²) in [4.78, 5) is 35.6. The van der Waals surface area contributed by atoms with Gasteiger partial charge in [0.05, 0.1) is 6.54 Å². The van der Waals surface area contributed by atoms with Crippen LogP contribution in [0.4, 0.5) is 10.6 Å². The molecule has 2 saturated heterocycles. The van der Waals surface area contributed by atoms with E-state index in [1.807, 2.05) is 11.8 Å². The van der Waals surface area contributed by atoms with Gasteiger partial charge < -0.3 is 9.64 Å². The molecule has 0 atom stereocenters.